The molecule has 0 aromatic heterocycles. The maximum atomic E-state index is 5.99. The molecule has 1 saturated carbocycles. The molecule has 1 heterocycles. The van der Waals surface area contributed by atoms with Crippen LogP contribution in [0.15, 0.2) is 0 Å². The zero-order valence-corrected chi connectivity index (χ0v) is 11.1. The fourth-order valence-electron chi connectivity index (χ4n) is 2.81. The van der Waals surface area contributed by atoms with E-state index in [4.69, 9.17) is 9.47 Å². The van der Waals surface area contributed by atoms with Gasteiger partial charge in [0, 0.05) is 12.6 Å². The highest BCUT2D eigenvalue weighted by Gasteiger charge is 2.25. The number of hydrogen-bond donors (Lipinski definition) is 1. The van der Waals surface area contributed by atoms with Crippen molar-refractivity contribution >= 4 is 0 Å². The van der Waals surface area contributed by atoms with Gasteiger partial charge in [-0.15, -0.1) is 0 Å². The van der Waals surface area contributed by atoms with E-state index in [2.05, 4.69) is 12.2 Å². The minimum absolute atomic E-state index is 0.367. The second-order valence-electron chi connectivity index (χ2n) is 5.41. The van der Waals surface area contributed by atoms with Crippen molar-refractivity contribution in [3.05, 3.63) is 0 Å². The van der Waals surface area contributed by atoms with Gasteiger partial charge in [-0.1, -0.05) is 6.92 Å². The van der Waals surface area contributed by atoms with E-state index >= 15 is 0 Å². The molecular formula is C14H27NO2. The van der Waals surface area contributed by atoms with Crippen LogP contribution in [0.25, 0.3) is 0 Å². The van der Waals surface area contributed by atoms with Gasteiger partial charge in [0.1, 0.15) is 0 Å². The average molecular weight is 241 g/mol. The number of rotatable bonds is 6. The van der Waals surface area contributed by atoms with Gasteiger partial charge in [0.05, 0.1) is 18.8 Å². The molecule has 2 rings (SSSR count). The van der Waals surface area contributed by atoms with Gasteiger partial charge in [-0.05, 0) is 51.5 Å². The van der Waals surface area contributed by atoms with Gasteiger partial charge in [-0.25, -0.2) is 0 Å². The third kappa shape index (κ3) is 4.57. The summed E-state index contributed by atoms with van der Waals surface area (Å²) in [5, 5.41) is 3.59. The van der Waals surface area contributed by atoms with Gasteiger partial charge >= 0.3 is 0 Å². The van der Waals surface area contributed by atoms with Crippen LogP contribution in [0.5, 0.6) is 0 Å². The first-order valence-electron chi connectivity index (χ1n) is 7.35. The van der Waals surface area contributed by atoms with Crippen molar-refractivity contribution in [1.29, 1.82) is 0 Å². The summed E-state index contributed by atoms with van der Waals surface area (Å²) in [6.45, 7) is 5.10. The van der Waals surface area contributed by atoms with Gasteiger partial charge in [-0.3, -0.25) is 0 Å². The Morgan fingerprint density at radius 3 is 2.94 bits per heavy atom. The molecule has 1 aliphatic heterocycles. The molecule has 0 bridgehead atoms. The van der Waals surface area contributed by atoms with Crippen LogP contribution in [0.3, 0.4) is 0 Å². The Morgan fingerprint density at radius 1 is 1.24 bits per heavy atom. The van der Waals surface area contributed by atoms with E-state index in [1.807, 2.05) is 0 Å². The van der Waals surface area contributed by atoms with E-state index < -0.39 is 0 Å². The summed E-state index contributed by atoms with van der Waals surface area (Å²) in [7, 11) is 0. The molecule has 2 fully saturated rings. The topological polar surface area (TPSA) is 30.5 Å². The lowest BCUT2D eigenvalue weighted by molar-refractivity contribution is -0.0615. The first kappa shape index (κ1) is 13.3. The SMILES string of the molecule is CCCNC1CCC(OCC2CCCCO2)C1. The molecule has 0 aromatic carbocycles. The molecule has 0 amide bonds. The van der Waals surface area contributed by atoms with Crippen LogP contribution in [0.4, 0.5) is 0 Å². The normalized spacial score (nSPS) is 34.1. The van der Waals surface area contributed by atoms with Crippen LogP contribution in [0.2, 0.25) is 0 Å². The molecule has 3 heteroatoms. The van der Waals surface area contributed by atoms with Gasteiger partial charge in [0.2, 0.25) is 0 Å². The maximum Gasteiger partial charge on any atom is 0.0808 e. The predicted molar refractivity (Wildman–Crippen MR) is 69.3 cm³/mol. The molecule has 100 valence electrons. The zero-order chi connectivity index (χ0) is 11.9. The maximum absolute atomic E-state index is 5.99. The van der Waals surface area contributed by atoms with Crippen molar-refractivity contribution < 1.29 is 9.47 Å². The van der Waals surface area contributed by atoms with Crippen LogP contribution in [-0.4, -0.2) is 38.0 Å². The van der Waals surface area contributed by atoms with Gasteiger partial charge in [0.25, 0.3) is 0 Å². The second-order valence-corrected chi connectivity index (χ2v) is 5.41. The van der Waals surface area contributed by atoms with Crippen LogP contribution < -0.4 is 5.32 Å². The van der Waals surface area contributed by atoms with Crippen molar-refractivity contribution in [2.24, 2.45) is 0 Å². The molecule has 3 nitrogen and oxygen atoms in total. The molecule has 1 saturated heterocycles. The Morgan fingerprint density at radius 2 is 2.18 bits per heavy atom. The summed E-state index contributed by atoms with van der Waals surface area (Å²) < 4.78 is 11.7. The minimum atomic E-state index is 0.367. The zero-order valence-electron chi connectivity index (χ0n) is 11.1. The lowest BCUT2D eigenvalue weighted by atomic mass is 10.1. The molecule has 17 heavy (non-hydrogen) atoms. The molecular weight excluding hydrogens is 214 g/mol. The number of nitrogens with one attached hydrogen (secondary N) is 1. The molecule has 3 atom stereocenters. The minimum Gasteiger partial charge on any atom is -0.376 e. The van der Waals surface area contributed by atoms with Crippen LogP contribution in [0.1, 0.15) is 51.9 Å². The summed E-state index contributed by atoms with van der Waals surface area (Å²) in [5.41, 5.74) is 0. The molecule has 0 radical (unpaired) electrons. The Bertz CT molecular complexity index is 204. The average Bonchev–Trinajstić information content (AvgIpc) is 2.83. The highest BCUT2D eigenvalue weighted by molar-refractivity contribution is 4.81. The highest BCUT2D eigenvalue weighted by Crippen LogP contribution is 2.23. The quantitative estimate of drug-likeness (QED) is 0.775. The van der Waals surface area contributed by atoms with E-state index in [0.29, 0.717) is 18.2 Å². The Balaban J connectivity index is 1.57. The second kappa shape index (κ2) is 7.34. The predicted octanol–water partition coefficient (Wildman–Crippen LogP) is 2.49. The lowest BCUT2D eigenvalue weighted by Crippen LogP contribution is -2.29. The number of hydrogen-bond acceptors (Lipinski definition) is 3. The Hall–Kier alpha value is -0.120. The third-order valence-corrected chi connectivity index (χ3v) is 3.86. The fraction of sp³-hybridized carbons (Fsp3) is 1.00. The van der Waals surface area contributed by atoms with Gasteiger partial charge in [-0.2, -0.15) is 0 Å². The van der Waals surface area contributed by atoms with E-state index in [0.717, 1.165) is 19.8 Å². The molecule has 2 aliphatic rings. The molecule has 3 unspecified atom stereocenters. The standard InChI is InChI=1S/C14H27NO2/c1-2-8-15-12-6-7-13(10-12)17-11-14-5-3-4-9-16-14/h12-15H,2-11H2,1H3. The van der Waals surface area contributed by atoms with Crippen molar-refractivity contribution in [3.63, 3.8) is 0 Å². The first-order chi connectivity index (χ1) is 8.38. The van der Waals surface area contributed by atoms with Gasteiger partial charge in [0.15, 0.2) is 0 Å². The summed E-state index contributed by atoms with van der Waals surface area (Å²) in [4.78, 5) is 0. The van der Waals surface area contributed by atoms with Gasteiger partial charge < -0.3 is 14.8 Å². The summed E-state index contributed by atoms with van der Waals surface area (Å²) in [6.07, 6.45) is 9.45. The largest absolute Gasteiger partial charge is 0.376 e. The number of ether oxygens (including phenoxy) is 2. The summed E-state index contributed by atoms with van der Waals surface area (Å²) >= 11 is 0. The van der Waals surface area contributed by atoms with Crippen molar-refractivity contribution in [1.82, 2.24) is 5.32 Å². The molecule has 1 N–H and O–H groups in total. The van der Waals surface area contributed by atoms with E-state index in [-0.39, 0.29) is 0 Å². The lowest BCUT2D eigenvalue weighted by Gasteiger charge is -2.24. The van der Waals surface area contributed by atoms with Crippen LogP contribution >= 0.6 is 0 Å². The van der Waals surface area contributed by atoms with Crippen molar-refractivity contribution in [2.75, 3.05) is 19.8 Å². The highest BCUT2D eigenvalue weighted by atomic mass is 16.5. The Labute approximate surface area is 105 Å². The van der Waals surface area contributed by atoms with Crippen LogP contribution in [0, 0.1) is 0 Å². The monoisotopic (exact) mass is 241 g/mol. The van der Waals surface area contributed by atoms with Crippen LogP contribution in [-0.2, 0) is 9.47 Å². The van der Waals surface area contributed by atoms with E-state index in [9.17, 15) is 0 Å². The molecule has 1 aliphatic carbocycles. The summed E-state index contributed by atoms with van der Waals surface area (Å²) in [5.74, 6) is 0. The fourth-order valence-corrected chi connectivity index (χ4v) is 2.81. The smallest absolute Gasteiger partial charge is 0.0808 e. The summed E-state index contributed by atoms with van der Waals surface area (Å²) in [6, 6.07) is 0.687. The molecule has 0 aromatic rings. The van der Waals surface area contributed by atoms with E-state index in [1.165, 1.54) is 44.9 Å². The first-order valence-corrected chi connectivity index (χ1v) is 7.35. The third-order valence-electron chi connectivity index (χ3n) is 3.86. The van der Waals surface area contributed by atoms with Crippen molar-refractivity contribution in [3.8, 4) is 0 Å². The Kier molecular flexibility index (Phi) is 5.75. The van der Waals surface area contributed by atoms with Crippen molar-refractivity contribution in [2.45, 2.75) is 70.1 Å². The molecule has 0 spiro atoms. The van der Waals surface area contributed by atoms with E-state index in [1.54, 1.807) is 0 Å².